The standard InChI is InChI=1S/C13H24N2O/c1-13(7-3-2-4-8-13)15-12(16)11-6-5-9-14-10-11/h11,14H,2-10H2,1H3,(H,15,16)/t11-/m1/s1. The lowest BCUT2D eigenvalue weighted by molar-refractivity contribution is -0.127. The van der Waals surface area contributed by atoms with Gasteiger partial charge in [-0.1, -0.05) is 19.3 Å². The first-order valence-electron chi connectivity index (χ1n) is 6.72. The summed E-state index contributed by atoms with van der Waals surface area (Å²) in [6, 6.07) is 0. The topological polar surface area (TPSA) is 41.1 Å². The fourth-order valence-electron chi connectivity index (χ4n) is 2.93. The number of piperidine rings is 1. The van der Waals surface area contributed by atoms with Crippen molar-refractivity contribution in [2.45, 2.75) is 57.4 Å². The minimum atomic E-state index is 0.0762. The summed E-state index contributed by atoms with van der Waals surface area (Å²) in [4.78, 5) is 12.1. The number of carbonyl (C=O) groups excluding carboxylic acids is 1. The molecule has 2 fully saturated rings. The first-order chi connectivity index (χ1) is 7.70. The Labute approximate surface area is 98.4 Å². The highest BCUT2D eigenvalue weighted by Gasteiger charge is 2.31. The van der Waals surface area contributed by atoms with Gasteiger partial charge in [-0.15, -0.1) is 0 Å². The van der Waals surface area contributed by atoms with Crippen molar-refractivity contribution < 1.29 is 4.79 Å². The van der Waals surface area contributed by atoms with E-state index in [4.69, 9.17) is 0 Å². The second-order valence-corrected chi connectivity index (χ2v) is 5.65. The summed E-state index contributed by atoms with van der Waals surface area (Å²) in [6.45, 7) is 4.14. The van der Waals surface area contributed by atoms with E-state index in [9.17, 15) is 4.79 Å². The van der Waals surface area contributed by atoms with E-state index in [-0.39, 0.29) is 17.4 Å². The molecule has 16 heavy (non-hydrogen) atoms. The highest BCUT2D eigenvalue weighted by molar-refractivity contribution is 5.79. The minimum absolute atomic E-state index is 0.0762. The number of hydrogen-bond acceptors (Lipinski definition) is 2. The lowest BCUT2D eigenvalue weighted by Crippen LogP contribution is -2.51. The van der Waals surface area contributed by atoms with Crippen LogP contribution in [-0.4, -0.2) is 24.5 Å². The molecule has 2 aliphatic rings. The van der Waals surface area contributed by atoms with Crippen molar-refractivity contribution in [2.75, 3.05) is 13.1 Å². The van der Waals surface area contributed by atoms with Crippen LogP contribution in [0.15, 0.2) is 0 Å². The summed E-state index contributed by atoms with van der Waals surface area (Å²) in [5.74, 6) is 0.476. The SMILES string of the molecule is CC1(NC(=O)[C@@H]2CCCNC2)CCCCC1. The Morgan fingerprint density at radius 3 is 2.62 bits per heavy atom. The van der Waals surface area contributed by atoms with Gasteiger partial charge in [0.05, 0.1) is 5.92 Å². The molecule has 0 aromatic rings. The highest BCUT2D eigenvalue weighted by atomic mass is 16.2. The second-order valence-electron chi connectivity index (χ2n) is 5.65. The Kier molecular flexibility index (Phi) is 3.85. The Morgan fingerprint density at radius 1 is 1.25 bits per heavy atom. The van der Waals surface area contributed by atoms with Crippen molar-refractivity contribution >= 4 is 5.91 Å². The third-order valence-electron chi connectivity index (χ3n) is 4.05. The molecule has 2 N–H and O–H groups in total. The predicted octanol–water partition coefficient (Wildman–Crippen LogP) is 1.82. The van der Waals surface area contributed by atoms with Crippen molar-refractivity contribution in [3.8, 4) is 0 Å². The van der Waals surface area contributed by atoms with Crippen LogP contribution in [0.4, 0.5) is 0 Å². The lowest BCUT2D eigenvalue weighted by atomic mass is 9.82. The summed E-state index contributed by atoms with van der Waals surface area (Å²) in [5.41, 5.74) is 0.0762. The maximum Gasteiger partial charge on any atom is 0.224 e. The summed E-state index contributed by atoms with van der Waals surface area (Å²) in [5, 5.41) is 6.59. The molecule has 0 bridgehead atoms. The van der Waals surface area contributed by atoms with Crippen LogP contribution in [0.25, 0.3) is 0 Å². The van der Waals surface area contributed by atoms with Gasteiger partial charge in [-0.25, -0.2) is 0 Å². The Bertz CT molecular complexity index is 240. The average molecular weight is 224 g/mol. The van der Waals surface area contributed by atoms with Gasteiger partial charge < -0.3 is 10.6 Å². The van der Waals surface area contributed by atoms with Crippen molar-refractivity contribution in [2.24, 2.45) is 5.92 Å². The van der Waals surface area contributed by atoms with Crippen LogP contribution in [0.1, 0.15) is 51.9 Å². The molecule has 3 heteroatoms. The van der Waals surface area contributed by atoms with Crippen molar-refractivity contribution in [3.05, 3.63) is 0 Å². The molecule has 0 unspecified atom stereocenters. The molecule has 1 amide bonds. The van der Waals surface area contributed by atoms with Gasteiger partial charge in [-0.2, -0.15) is 0 Å². The van der Waals surface area contributed by atoms with E-state index >= 15 is 0 Å². The molecule has 1 aliphatic carbocycles. The smallest absolute Gasteiger partial charge is 0.224 e. The number of rotatable bonds is 2. The highest BCUT2D eigenvalue weighted by Crippen LogP contribution is 2.28. The zero-order valence-corrected chi connectivity index (χ0v) is 10.3. The van der Waals surface area contributed by atoms with Crippen molar-refractivity contribution in [1.29, 1.82) is 0 Å². The summed E-state index contributed by atoms with van der Waals surface area (Å²) < 4.78 is 0. The molecule has 3 nitrogen and oxygen atoms in total. The van der Waals surface area contributed by atoms with Crippen LogP contribution in [0.3, 0.4) is 0 Å². The maximum atomic E-state index is 12.1. The number of carbonyl (C=O) groups is 1. The van der Waals surface area contributed by atoms with Gasteiger partial charge >= 0.3 is 0 Å². The zero-order chi connectivity index (χ0) is 11.4. The number of nitrogens with one attached hydrogen (secondary N) is 2. The minimum Gasteiger partial charge on any atom is -0.351 e. The van der Waals surface area contributed by atoms with Crippen LogP contribution in [0, 0.1) is 5.92 Å². The molecular weight excluding hydrogens is 200 g/mol. The van der Waals surface area contributed by atoms with E-state index < -0.39 is 0 Å². The van der Waals surface area contributed by atoms with Crippen LogP contribution in [0.2, 0.25) is 0 Å². The molecule has 1 saturated carbocycles. The monoisotopic (exact) mass is 224 g/mol. The molecule has 0 aromatic carbocycles. The molecule has 92 valence electrons. The molecule has 0 radical (unpaired) electrons. The van der Waals surface area contributed by atoms with Gasteiger partial charge in [0.2, 0.25) is 5.91 Å². The molecule has 2 rings (SSSR count). The maximum absolute atomic E-state index is 12.1. The van der Waals surface area contributed by atoms with E-state index in [0.717, 1.165) is 38.8 Å². The summed E-state index contributed by atoms with van der Waals surface area (Å²) in [7, 11) is 0. The Morgan fingerprint density at radius 2 is 2.00 bits per heavy atom. The van der Waals surface area contributed by atoms with Crippen molar-refractivity contribution in [1.82, 2.24) is 10.6 Å². The quantitative estimate of drug-likeness (QED) is 0.751. The van der Waals surface area contributed by atoms with E-state index in [0.29, 0.717) is 0 Å². The first-order valence-corrected chi connectivity index (χ1v) is 6.72. The Hall–Kier alpha value is -0.570. The van der Waals surface area contributed by atoms with Crippen LogP contribution in [-0.2, 0) is 4.79 Å². The fraction of sp³-hybridized carbons (Fsp3) is 0.923. The largest absolute Gasteiger partial charge is 0.351 e. The zero-order valence-electron chi connectivity index (χ0n) is 10.3. The molecular formula is C13H24N2O. The second kappa shape index (κ2) is 5.17. The summed E-state index contributed by atoms with van der Waals surface area (Å²) >= 11 is 0. The van der Waals surface area contributed by atoms with Crippen LogP contribution < -0.4 is 10.6 Å². The molecule has 0 aromatic heterocycles. The van der Waals surface area contributed by atoms with Gasteiger partial charge in [0.25, 0.3) is 0 Å². The first kappa shape index (κ1) is 11.9. The Balaban J connectivity index is 1.85. The van der Waals surface area contributed by atoms with E-state index in [2.05, 4.69) is 17.6 Å². The molecule has 1 heterocycles. The molecule has 1 saturated heterocycles. The molecule has 0 spiro atoms. The molecule has 1 atom stereocenters. The van der Waals surface area contributed by atoms with E-state index in [1.54, 1.807) is 0 Å². The summed E-state index contributed by atoms with van der Waals surface area (Å²) in [6.07, 6.45) is 8.34. The van der Waals surface area contributed by atoms with Gasteiger partial charge in [-0.05, 0) is 39.2 Å². The number of amides is 1. The van der Waals surface area contributed by atoms with Gasteiger partial charge in [-0.3, -0.25) is 4.79 Å². The van der Waals surface area contributed by atoms with E-state index in [1.807, 2.05) is 0 Å². The van der Waals surface area contributed by atoms with Crippen molar-refractivity contribution in [3.63, 3.8) is 0 Å². The average Bonchev–Trinajstić information content (AvgIpc) is 2.30. The predicted molar refractivity (Wildman–Crippen MR) is 65.2 cm³/mol. The third-order valence-corrected chi connectivity index (χ3v) is 4.05. The van der Waals surface area contributed by atoms with Gasteiger partial charge in [0.15, 0.2) is 0 Å². The lowest BCUT2D eigenvalue weighted by Gasteiger charge is -2.36. The van der Waals surface area contributed by atoms with Gasteiger partial charge in [0.1, 0.15) is 0 Å². The fourth-order valence-corrected chi connectivity index (χ4v) is 2.93. The molecule has 1 aliphatic heterocycles. The van der Waals surface area contributed by atoms with Gasteiger partial charge in [0, 0.05) is 12.1 Å². The van der Waals surface area contributed by atoms with E-state index in [1.165, 1.54) is 19.3 Å². The third kappa shape index (κ3) is 2.97. The number of hydrogen-bond donors (Lipinski definition) is 2. The normalized spacial score (nSPS) is 29.7. The van der Waals surface area contributed by atoms with Crippen LogP contribution in [0.5, 0.6) is 0 Å². The van der Waals surface area contributed by atoms with Crippen LogP contribution >= 0.6 is 0 Å².